The topological polar surface area (TPSA) is 69.4 Å². The SMILES string of the molecule is COC[C@]1(N)[C@H](c2ccc(C)cc2)[C@H]1S(C)(=O)=O. The van der Waals surface area contributed by atoms with Crippen LogP contribution < -0.4 is 5.73 Å². The Kier molecular flexibility index (Phi) is 3.25. The second-order valence-electron chi connectivity index (χ2n) is 5.18. The molecule has 0 aliphatic heterocycles. The summed E-state index contributed by atoms with van der Waals surface area (Å²) in [6.45, 7) is 2.25. The molecule has 1 aliphatic rings. The van der Waals surface area contributed by atoms with Crippen molar-refractivity contribution in [1.82, 2.24) is 0 Å². The van der Waals surface area contributed by atoms with E-state index in [1.165, 1.54) is 6.26 Å². The Labute approximate surface area is 108 Å². The van der Waals surface area contributed by atoms with Crippen LogP contribution >= 0.6 is 0 Å². The van der Waals surface area contributed by atoms with E-state index in [-0.39, 0.29) is 12.5 Å². The second kappa shape index (κ2) is 4.33. The molecule has 1 aliphatic carbocycles. The summed E-state index contributed by atoms with van der Waals surface area (Å²) in [4.78, 5) is 0. The van der Waals surface area contributed by atoms with Gasteiger partial charge >= 0.3 is 0 Å². The number of sulfone groups is 1. The molecule has 100 valence electrons. The maximum absolute atomic E-state index is 11.8. The van der Waals surface area contributed by atoms with E-state index in [4.69, 9.17) is 10.5 Å². The molecular weight excluding hydrogens is 250 g/mol. The number of nitrogens with two attached hydrogens (primary N) is 1. The average molecular weight is 269 g/mol. The van der Waals surface area contributed by atoms with Crippen LogP contribution in [0.5, 0.6) is 0 Å². The predicted octanol–water partition coefficient (Wildman–Crippen LogP) is 0.849. The molecule has 0 unspecified atom stereocenters. The summed E-state index contributed by atoms with van der Waals surface area (Å²) in [5.41, 5.74) is 7.51. The molecule has 4 nitrogen and oxygen atoms in total. The maximum Gasteiger partial charge on any atom is 0.152 e. The van der Waals surface area contributed by atoms with Crippen LogP contribution in [0, 0.1) is 6.92 Å². The lowest BCUT2D eigenvalue weighted by Gasteiger charge is -2.10. The largest absolute Gasteiger partial charge is 0.383 e. The van der Waals surface area contributed by atoms with Crippen LogP contribution in [0.2, 0.25) is 0 Å². The van der Waals surface area contributed by atoms with Crippen LogP contribution in [0.3, 0.4) is 0 Å². The highest BCUT2D eigenvalue weighted by Crippen LogP contribution is 2.53. The first-order valence-electron chi connectivity index (χ1n) is 5.84. The summed E-state index contributed by atoms with van der Waals surface area (Å²) in [6, 6.07) is 7.84. The third-order valence-electron chi connectivity index (χ3n) is 3.59. The van der Waals surface area contributed by atoms with Gasteiger partial charge in [0.15, 0.2) is 9.84 Å². The van der Waals surface area contributed by atoms with Crippen LogP contribution in [0.25, 0.3) is 0 Å². The number of ether oxygens (including phenoxy) is 1. The van der Waals surface area contributed by atoms with Gasteiger partial charge in [-0.05, 0) is 12.5 Å². The van der Waals surface area contributed by atoms with Crippen molar-refractivity contribution in [2.45, 2.75) is 23.6 Å². The lowest BCUT2D eigenvalue weighted by Crippen LogP contribution is -2.35. The Morgan fingerprint density at radius 2 is 1.89 bits per heavy atom. The molecule has 0 saturated heterocycles. The van der Waals surface area contributed by atoms with Gasteiger partial charge in [-0.2, -0.15) is 0 Å². The molecule has 1 fully saturated rings. The van der Waals surface area contributed by atoms with Crippen molar-refractivity contribution in [3.8, 4) is 0 Å². The van der Waals surface area contributed by atoms with Gasteiger partial charge in [0.05, 0.1) is 17.4 Å². The minimum atomic E-state index is -3.17. The number of aryl methyl sites for hydroxylation is 1. The minimum Gasteiger partial charge on any atom is -0.383 e. The van der Waals surface area contributed by atoms with Gasteiger partial charge in [0, 0.05) is 19.3 Å². The molecule has 5 heteroatoms. The van der Waals surface area contributed by atoms with E-state index in [9.17, 15) is 8.42 Å². The molecule has 0 amide bonds. The zero-order chi connectivity index (χ0) is 13.6. The fourth-order valence-corrected chi connectivity index (χ4v) is 4.59. The first kappa shape index (κ1) is 13.5. The number of hydrogen-bond donors (Lipinski definition) is 1. The summed E-state index contributed by atoms with van der Waals surface area (Å²) in [5.74, 6) is -0.173. The Bertz CT molecular complexity index is 538. The first-order valence-corrected chi connectivity index (χ1v) is 7.79. The Balaban J connectivity index is 2.35. The van der Waals surface area contributed by atoms with E-state index < -0.39 is 20.6 Å². The van der Waals surface area contributed by atoms with E-state index in [2.05, 4.69) is 0 Å². The summed E-state index contributed by atoms with van der Waals surface area (Å²) >= 11 is 0. The Morgan fingerprint density at radius 3 is 2.33 bits per heavy atom. The molecule has 18 heavy (non-hydrogen) atoms. The summed E-state index contributed by atoms with van der Waals surface area (Å²) in [7, 11) is -1.63. The highest BCUT2D eigenvalue weighted by Gasteiger charge is 2.67. The molecule has 3 atom stereocenters. The van der Waals surface area contributed by atoms with Crippen LogP contribution in [-0.4, -0.2) is 39.2 Å². The van der Waals surface area contributed by atoms with Crippen LogP contribution in [0.4, 0.5) is 0 Å². The van der Waals surface area contributed by atoms with Crippen molar-refractivity contribution in [3.63, 3.8) is 0 Å². The molecule has 0 heterocycles. The summed E-state index contributed by atoms with van der Waals surface area (Å²) < 4.78 is 28.7. The molecule has 0 bridgehead atoms. The first-order chi connectivity index (χ1) is 8.30. The van der Waals surface area contributed by atoms with Crippen molar-refractivity contribution in [1.29, 1.82) is 0 Å². The normalized spacial score (nSPS) is 31.3. The molecule has 0 aromatic heterocycles. The van der Waals surface area contributed by atoms with Crippen molar-refractivity contribution < 1.29 is 13.2 Å². The Hall–Kier alpha value is -0.910. The van der Waals surface area contributed by atoms with E-state index in [0.29, 0.717) is 0 Å². The van der Waals surface area contributed by atoms with E-state index in [1.807, 2.05) is 31.2 Å². The van der Waals surface area contributed by atoms with Gasteiger partial charge in [-0.15, -0.1) is 0 Å². The van der Waals surface area contributed by atoms with Crippen LogP contribution in [0.15, 0.2) is 24.3 Å². The van der Waals surface area contributed by atoms with Gasteiger partial charge in [-0.1, -0.05) is 29.8 Å². The minimum absolute atomic E-state index is 0.173. The van der Waals surface area contributed by atoms with E-state index in [0.717, 1.165) is 11.1 Å². The lowest BCUT2D eigenvalue weighted by molar-refractivity contribution is 0.171. The fourth-order valence-electron chi connectivity index (χ4n) is 2.75. The average Bonchev–Trinajstić information content (AvgIpc) is 2.86. The quantitative estimate of drug-likeness (QED) is 0.879. The monoisotopic (exact) mass is 269 g/mol. The number of benzene rings is 1. The maximum atomic E-state index is 11.8. The number of methoxy groups -OCH3 is 1. The van der Waals surface area contributed by atoms with Crippen molar-refractivity contribution >= 4 is 9.84 Å². The zero-order valence-electron chi connectivity index (χ0n) is 10.9. The van der Waals surface area contributed by atoms with Gasteiger partial charge in [0.2, 0.25) is 0 Å². The highest BCUT2D eigenvalue weighted by atomic mass is 32.2. The standard InChI is InChI=1S/C13H19NO3S/c1-9-4-6-10(7-5-9)11-12(18(3,15)16)13(11,14)8-17-2/h4-7,11-12H,8,14H2,1-3H3/t11-,12-,13+/m1/s1. The van der Waals surface area contributed by atoms with Gasteiger partial charge < -0.3 is 10.5 Å². The van der Waals surface area contributed by atoms with Gasteiger partial charge in [0.25, 0.3) is 0 Å². The smallest absolute Gasteiger partial charge is 0.152 e. The van der Waals surface area contributed by atoms with Crippen LogP contribution in [0.1, 0.15) is 17.0 Å². The number of rotatable bonds is 4. The van der Waals surface area contributed by atoms with Gasteiger partial charge in [0.1, 0.15) is 0 Å². The molecule has 2 rings (SSSR count). The molecule has 1 aromatic carbocycles. The van der Waals surface area contributed by atoms with Gasteiger partial charge in [-0.3, -0.25) is 0 Å². The molecule has 1 aromatic rings. The second-order valence-corrected chi connectivity index (χ2v) is 7.35. The fraction of sp³-hybridized carbons (Fsp3) is 0.538. The van der Waals surface area contributed by atoms with Crippen molar-refractivity contribution in [3.05, 3.63) is 35.4 Å². The molecular formula is C13H19NO3S. The van der Waals surface area contributed by atoms with E-state index >= 15 is 0 Å². The predicted molar refractivity (Wildman–Crippen MR) is 71.3 cm³/mol. The van der Waals surface area contributed by atoms with Crippen LogP contribution in [-0.2, 0) is 14.6 Å². The van der Waals surface area contributed by atoms with Crippen molar-refractivity contribution in [2.24, 2.45) is 5.73 Å². The number of hydrogen-bond acceptors (Lipinski definition) is 4. The third kappa shape index (κ3) is 2.18. The van der Waals surface area contributed by atoms with Gasteiger partial charge in [-0.25, -0.2) is 8.42 Å². The molecule has 2 N–H and O–H groups in total. The lowest BCUT2D eigenvalue weighted by atomic mass is 10.1. The molecule has 0 radical (unpaired) electrons. The molecule has 1 saturated carbocycles. The van der Waals surface area contributed by atoms with E-state index in [1.54, 1.807) is 7.11 Å². The Morgan fingerprint density at radius 1 is 1.33 bits per heavy atom. The highest BCUT2D eigenvalue weighted by molar-refractivity contribution is 7.91. The summed E-state index contributed by atoms with van der Waals surface area (Å²) in [6.07, 6.45) is 1.24. The van der Waals surface area contributed by atoms with Crippen molar-refractivity contribution in [2.75, 3.05) is 20.0 Å². The molecule has 0 spiro atoms. The zero-order valence-corrected chi connectivity index (χ0v) is 11.7. The third-order valence-corrected chi connectivity index (χ3v) is 5.23. The summed E-state index contributed by atoms with van der Waals surface area (Å²) in [5, 5.41) is -0.548.